The normalized spacial score (nSPS) is 32.0. The van der Waals surface area contributed by atoms with E-state index in [-0.39, 0.29) is 6.03 Å². The summed E-state index contributed by atoms with van der Waals surface area (Å²) in [6.45, 7) is 4.11. The molecular weight excluding hydrogens is 140 g/mol. The van der Waals surface area contributed by atoms with Gasteiger partial charge in [-0.2, -0.15) is 0 Å². The van der Waals surface area contributed by atoms with Crippen LogP contribution in [0.3, 0.4) is 0 Å². The number of rotatable bonds is 0. The Kier molecular flexibility index (Phi) is 2.37. The van der Waals surface area contributed by atoms with E-state index in [1.807, 2.05) is 0 Å². The summed E-state index contributed by atoms with van der Waals surface area (Å²) in [5, 5.41) is 0. The number of nitrogens with zero attached hydrogens (tertiary/aromatic N) is 1. The summed E-state index contributed by atoms with van der Waals surface area (Å²) in [6.07, 6.45) is 3.40. The lowest BCUT2D eigenvalue weighted by Gasteiger charge is -2.37. The van der Waals surface area contributed by atoms with Crippen LogP contribution >= 0.6 is 0 Å². The van der Waals surface area contributed by atoms with Crippen molar-refractivity contribution in [3.63, 3.8) is 0 Å². The number of urea groups is 1. The molecule has 0 radical (unpaired) electrons. The van der Waals surface area contributed by atoms with Crippen LogP contribution in [0.15, 0.2) is 0 Å². The molecule has 2 unspecified atom stereocenters. The monoisotopic (exact) mass is 156 g/mol. The molecule has 1 fully saturated rings. The van der Waals surface area contributed by atoms with E-state index in [0.29, 0.717) is 12.1 Å². The van der Waals surface area contributed by atoms with Crippen LogP contribution in [0.1, 0.15) is 33.1 Å². The molecule has 0 aromatic rings. The smallest absolute Gasteiger partial charge is 0.315 e. The minimum absolute atomic E-state index is 0.273. The number of hydrogen-bond acceptors (Lipinski definition) is 1. The van der Waals surface area contributed by atoms with Crippen molar-refractivity contribution in [2.45, 2.75) is 45.2 Å². The van der Waals surface area contributed by atoms with Crippen LogP contribution in [-0.2, 0) is 0 Å². The average Bonchev–Trinajstić information content (AvgIpc) is 1.85. The number of carbonyl (C=O) groups is 1. The first-order valence-electron chi connectivity index (χ1n) is 4.20. The summed E-state index contributed by atoms with van der Waals surface area (Å²) in [4.78, 5) is 12.7. The van der Waals surface area contributed by atoms with E-state index < -0.39 is 0 Å². The lowest BCUT2D eigenvalue weighted by atomic mass is 9.98. The second kappa shape index (κ2) is 3.11. The molecule has 2 N–H and O–H groups in total. The minimum atomic E-state index is -0.273. The number of primary amides is 1. The third kappa shape index (κ3) is 1.64. The van der Waals surface area contributed by atoms with E-state index in [1.54, 1.807) is 4.90 Å². The molecule has 1 rings (SSSR count). The number of nitrogens with two attached hydrogens (primary N) is 1. The Morgan fingerprint density at radius 3 is 2.09 bits per heavy atom. The van der Waals surface area contributed by atoms with E-state index in [4.69, 9.17) is 5.73 Å². The molecule has 2 amide bonds. The van der Waals surface area contributed by atoms with Crippen molar-refractivity contribution in [2.75, 3.05) is 0 Å². The van der Waals surface area contributed by atoms with Crippen molar-refractivity contribution in [1.82, 2.24) is 4.90 Å². The van der Waals surface area contributed by atoms with Crippen molar-refractivity contribution in [1.29, 1.82) is 0 Å². The van der Waals surface area contributed by atoms with Gasteiger partial charge < -0.3 is 10.6 Å². The van der Waals surface area contributed by atoms with Crippen molar-refractivity contribution in [3.05, 3.63) is 0 Å². The van der Waals surface area contributed by atoms with E-state index in [0.717, 1.165) is 12.8 Å². The highest BCUT2D eigenvalue weighted by Crippen LogP contribution is 2.21. The Hall–Kier alpha value is -0.730. The maximum Gasteiger partial charge on any atom is 0.315 e. The summed E-state index contributed by atoms with van der Waals surface area (Å²) in [6, 6.07) is 0.386. The third-order valence-corrected chi connectivity index (χ3v) is 2.45. The molecule has 0 aromatic carbocycles. The first kappa shape index (κ1) is 8.37. The summed E-state index contributed by atoms with van der Waals surface area (Å²) in [5.41, 5.74) is 5.24. The van der Waals surface area contributed by atoms with Gasteiger partial charge in [0.25, 0.3) is 0 Å². The van der Waals surface area contributed by atoms with Gasteiger partial charge >= 0.3 is 6.03 Å². The zero-order valence-electron chi connectivity index (χ0n) is 7.21. The summed E-state index contributed by atoms with van der Waals surface area (Å²) in [7, 11) is 0. The lowest BCUT2D eigenvalue weighted by Crippen LogP contribution is -2.49. The lowest BCUT2D eigenvalue weighted by molar-refractivity contribution is 0.130. The highest BCUT2D eigenvalue weighted by molar-refractivity contribution is 5.72. The molecule has 0 saturated carbocycles. The van der Waals surface area contributed by atoms with Crippen molar-refractivity contribution >= 4 is 6.03 Å². The van der Waals surface area contributed by atoms with Crippen LogP contribution in [0.5, 0.6) is 0 Å². The average molecular weight is 156 g/mol. The maximum atomic E-state index is 10.9. The second-order valence-electron chi connectivity index (χ2n) is 3.37. The number of hydrogen-bond donors (Lipinski definition) is 1. The van der Waals surface area contributed by atoms with Gasteiger partial charge in [-0.25, -0.2) is 4.79 Å². The van der Waals surface area contributed by atoms with Crippen LogP contribution in [0.4, 0.5) is 4.79 Å². The van der Waals surface area contributed by atoms with Crippen molar-refractivity contribution in [2.24, 2.45) is 5.73 Å². The molecule has 64 valence electrons. The Morgan fingerprint density at radius 1 is 1.36 bits per heavy atom. The van der Waals surface area contributed by atoms with Crippen LogP contribution < -0.4 is 5.73 Å². The highest BCUT2D eigenvalue weighted by atomic mass is 16.2. The Labute approximate surface area is 67.5 Å². The molecule has 0 spiro atoms. The first-order valence-corrected chi connectivity index (χ1v) is 4.20. The molecule has 1 aliphatic rings. The number of piperidine rings is 1. The van der Waals surface area contributed by atoms with Crippen LogP contribution in [0.2, 0.25) is 0 Å². The standard InChI is InChI=1S/C8H16N2O/c1-6-4-3-5-7(2)10(6)8(9)11/h6-7H,3-5H2,1-2H3,(H2,9,11). The van der Waals surface area contributed by atoms with Gasteiger partial charge in [0, 0.05) is 12.1 Å². The van der Waals surface area contributed by atoms with Gasteiger partial charge in [-0.05, 0) is 33.1 Å². The van der Waals surface area contributed by atoms with Crippen LogP contribution in [-0.4, -0.2) is 23.0 Å². The van der Waals surface area contributed by atoms with Gasteiger partial charge in [0.05, 0.1) is 0 Å². The molecule has 3 heteroatoms. The number of carbonyl (C=O) groups excluding carboxylic acids is 1. The molecule has 0 aromatic heterocycles. The van der Waals surface area contributed by atoms with Gasteiger partial charge in [0.1, 0.15) is 0 Å². The molecule has 0 bridgehead atoms. The SMILES string of the molecule is CC1CCCC(C)N1C(N)=O. The number of amides is 2. The van der Waals surface area contributed by atoms with E-state index in [2.05, 4.69) is 13.8 Å². The van der Waals surface area contributed by atoms with Crippen LogP contribution in [0.25, 0.3) is 0 Å². The first-order chi connectivity index (χ1) is 5.13. The van der Waals surface area contributed by atoms with Crippen molar-refractivity contribution < 1.29 is 4.79 Å². The molecule has 3 nitrogen and oxygen atoms in total. The molecule has 1 saturated heterocycles. The topological polar surface area (TPSA) is 46.3 Å². The second-order valence-corrected chi connectivity index (χ2v) is 3.37. The zero-order chi connectivity index (χ0) is 8.43. The van der Waals surface area contributed by atoms with Crippen molar-refractivity contribution in [3.8, 4) is 0 Å². The molecule has 11 heavy (non-hydrogen) atoms. The fourth-order valence-electron chi connectivity index (χ4n) is 1.86. The van der Waals surface area contributed by atoms with E-state index >= 15 is 0 Å². The fraction of sp³-hybridized carbons (Fsp3) is 0.875. The molecule has 2 atom stereocenters. The van der Waals surface area contributed by atoms with Crippen LogP contribution in [0, 0.1) is 0 Å². The molecule has 1 aliphatic heterocycles. The third-order valence-electron chi connectivity index (χ3n) is 2.45. The van der Waals surface area contributed by atoms with Gasteiger partial charge in [-0.3, -0.25) is 0 Å². The maximum absolute atomic E-state index is 10.9. The quantitative estimate of drug-likeness (QED) is 0.565. The molecule has 0 aliphatic carbocycles. The summed E-state index contributed by atoms with van der Waals surface area (Å²) >= 11 is 0. The highest BCUT2D eigenvalue weighted by Gasteiger charge is 2.26. The zero-order valence-corrected chi connectivity index (χ0v) is 7.21. The Morgan fingerprint density at radius 2 is 1.82 bits per heavy atom. The van der Waals surface area contributed by atoms with Gasteiger partial charge in [-0.15, -0.1) is 0 Å². The van der Waals surface area contributed by atoms with E-state index in [1.165, 1.54) is 6.42 Å². The Balaban J connectivity index is 2.62. The predicted octanol–water partition coefficient (Wildman–Crippen LogP) is 1.33. The fourth-order valence-corrected chi connectivity index (χ4v) is 1.86. The van der Waals surface area contributed by atoms with Gasteiger partial charge in [0.2, 0.25) is 0 Å². The molecular formula is C8H16N2O. The summed E-state index contributed by atoms with van der Waals surface area (Å²) in [5.74, 6) is 0. The van der Waals surface area contributed by atoms with Gasteiger partial charge in [-0.1, -0.05) is 0 Å². The number of likely N-dealkylation sites (tertiary alicyclic amines) is 1. The summed E-state index contributed by atoms with van der Waals surface area (Å²) < 4.78 is 0. The predicted molar refractivity (Wildman–Crippen MR) is 44.2 cm³/mol. The minimum Gasteiger partial charge on any atom is -0.351 e. The molecule has 1 heterocycles. The Bertz CT molecular complexity index is 148. The van der Waals surface area contributed by atoms with E-state index in [9.17, 15) is 4.79 Å². The largest absolute Gasteiger partial charge is 0.351 e. The van der Waals surface area contributed by atoms with Gasteiger partial charge in [0.15, 0.2) is 0 Å².